The molecule has 0 aliphatic rings. The number of hydrogen-bond acceptors (Lipinski definition) is 4. The molecule has 0 spiro atoms. The summed E-state index contributed by atoms with van der Waals surface area (Å²) in [4.78, 5) is 14.5. The normalized spacial score (nSPS) is 12.0. The van der Waals surface area contributed by atoms with Crippen LogP contribution in [-0.4, -0.2) is 35.7 Å². The van der Waals surface area contributed by atoms with Gasteiger partial charge in [0, 0.05) is 12.2 Å². The summed E-state index contributed by atoms with van der Waals surface area (Å²) in [5.41, 5.74) is 1.26. The number of carbonyl (C=O) groups is 1. The van der Waals surface area contributed by atoms with Crippen molar-refractivity contribution in [3.8, 4) is 11.8 Å². The third kappa shape index (κ3) is 6.93. The summed E-state index contributed by atoms with van der Waals surface area (Å²) in [6, 6.07) is 17.8. The molecule has 28 heavy (non-hydrogen) atoms. The minimum absolute atomic E-state index is 0.0254. The minimum Gasteiger partial charge on any atom is -0.479 e. The van der Waals surface area contributed by atoms with Crippen molar-refractivity contribution >= 4 is 11.7 Å². The Morgan fingerprint density at radius 3 is 2.39 bits per heavy atom. The summed E-state index contributed by atoms with van der Waals surface area (Å²) >= 11 is 0. The van der Waals surface area contributed by atoms with E-state index in [2.05, 4.69) is 5.32 Å². The summed E-state index contributed by atoms with van der Waals surface area (Å²) < 4.78 is 5.21. The van der Waals surface area contributed by atoms with Crippen molar-refractivity contribution in [1.29, 1.82) is 5.26 Å². The number of aliphatic hydroxyl groups is 1. The molecular weight excluding hydrogens is 354 g/mol. The Morgan fingerprint density at radius 1 is 1.18 bits per heavy atom. The highest BCUT2D eigenvalue weighted by molar-refractivity contribution is 5.89. The number of benzene rings is 2. The average molecular weight is 381 g/mol. The van der Waals surface area contributed by atoms with E-state index in [1.807, 2.05) is 57.2 Å². The quantitative estimate of drug-likeness (QED) is 0.752. The number of anilines is 1. The maximum Gasteiger partial charge on any atom is 0.321 e. The lowest BCUT2D eigenvalue weighted by Crippen LogP contribution is -2.42. The van der Waals surface area contributed by atoms with E-state index >= 15 is 0 Å². The van der Waals surface area contributed by atoms with Gasteiger partial charge in [-0.05, 0) is 35.2 Å². The summed E-state index contributed by atoms with van der Waals surface area (Å²) in [6.45, 7) is 6.79. The van der Waals surface area contributed by atoms with Crippen LogP contribution < -0.4 is 10.1 Å². The highest BCUT2D eigenvalue weighted by atomic mass is 16.5. The van der Waals surface area contributed by atoms with E-state index in [-0.39, 0.29) is 24.6 Å². The highest BCUT2D eigenvalue weighted by Crippen LogP contribution is 2.21. The predicted octanol–water partition coefficient (Wildman–Crippen LogP) is 4.20. The van der Waals surface area contributed by atoms with Crippen LogP contribution in [0, 0.1) is 16.7 Å². The lowest BCUT2D eigenvalue weighted by Gasteiger charge is -2.31. The van der Waals surface area contributed by atoms with Crippen molar-refractivity contribution in [3.05, 3.63) is 60.2 Å². The zero-order valence-electron chi connectivity index (χ0n) is 16.6. The fourth-order valence-corrected chi connectivity index (χ4v) is 2.73. The SMILES string of the molecule is CC(C)(C)CN(C[C@@H](O)c1ccccc1)C(=O)Nc1ccc(OCC#N)cc1. The molecule has 6 nitrogen and oxygen atoms in total. The number of nitrogens with one attached hydrogen (secondary N) is 1. The first kappa shape index (κ1) is 21.3. The van der Waals surface area contributed by atoms with Crippen LogP contribution in [0.2, 0.25) is 0 Å². The second kappa shape index (κ2) is 9.77. The summed E-state index contributed by atoms with van der Waals surface area (Å²) in [5, 5.41) is 22.0. The Kier molecular flexibility index (Phi) is 7.42. The van der Waals surface area contributed by atoms with Crippen LogP contribution in [0.3, 0.4) is 0 Å². The second-order valence-corrected chi connectivity index (χ2v) is 7.77. The van der Waals surface area contributed by atoms with Crippen LogP contribution in [-0.2, 0) is 0 Å². The zero-order chi connectivity index (χ0) is 20.6. The van der Waals surface area contributed by atoms with Crippen molar-refractivity contribution in [3.63, 3.8) is 0 Å². The Balaban J connectivity index is 2.07. The lowest BCUT2D eigenvalue weighted by atomic mass is 9.95. The Labute approximate surface area is 166 Å². The average Bonchev–Trinajstić information content (AvgIpc) is 2.66. The van der Waals surface area contributed by atoms with E-state index in [4.69, 9.17) is 10.00 Å². The molecule has 0 heterocycles. The van der Waals surface area contributed by atoms with E-state index in [1.165, 1.54) is 0 Å². The minimum atomic E-state index is -0.768. The maximum absolute atomic E-state index is 12.8. The first-order valence-electron chi connectivity index (χ1n) is 9.17. The van der Waals surface area contributed by atoms with Crippen molar-refractivity contribution in [2.45, 2.75) is 26.9 Å². The number of carbonyl (C=O) groups excluding carboxylic acids is 1. The van der Waals surface area contributed by atoms with E-state index in [0.29, 0.717) is 18.0 Å². The number of urea groups is 1. The van der Waals surface area contributed by atoms with Crippen molar-refractivity contribution in [2.24, 2.45) is 5.41 Å². The zero-order valence-corrected chi connectivity index (χ0v) is 16.6. The maximum atomic E-state index is 12.8. The molecule has 0 saturated carbocycles. The van der Waals surface area contributed by atoms with Gasteiger partial charge in [0.25, 0.3) is 0 Å². The summed E-state index contributed by atoms with van der Waals surface area (Å²) in [7, 11) is 0. The Bertz CT molecular complexity index is 793. The molecule has 0 aromatic heterocycles. The van der Waals surface area contributed by atoms with E-state index in [0.717, 1.165) is 5.56 Å². The van der Waals surface area contributed by atoms with E-state index < -0.39 is 6.10 Å². The molecule has 0 fully saturated rings. The van der Waals surface area contributed by atoms with Crippen LogP contribution in [0.15, 0.2) is 54.6 Å². The molecular formula is C22H27N3O3. The molecule has 0 aliphatic carbocycles. The molecule has 1 atom stereocenters. The summed E-state index contributed by atoms with van der Waals surface area (Å²) in [5.74, 6) is 0.561. The van der Waals surface area contributed by atoms with Gasteiger partial charge in [-0.15, -0.1) is 0 Å². The first-order valence-corrected chi connectivity index (χ1v) is 9.17. The van der Waals surface area contributed by atoms with Gasteiger partial charge in [-0.1, -0.05) is 51.1 Å². The number of nitriles is 1. The third-order valence-electron chi connectivity index (χ3n) is 3.94. The molecule has 2 aromatic rings. The van der Waals surface area contributed by atoms with E-state index in [1.54, 1.807) is 29.2 Å². The molecule has 2 amide bonds. The molecule has 2 aromatic carbocycles. The number of aliphatic hydroxyl groups excluding tert-OH is 1. The predicted molar refractivity (Wildman–Crippen MR) is 109 cm³/mol. The standard InChI is InChI=1S/C22H27N3O3/c1-22(2,3)16-25(15-20(26)17-7-5-4-6-8-17)21(27)24-18-9-11-19(12-10-18)28-14-13-23/h4-12,20,26H,14-16H2,1-3H3,(H,24,27)/t20-/m1/s1. The van der Waals surface area contributed by atoms with Crippen LogP contribution >= 0.6 is 0 Å². The summed E-state index contributed by atoms with van der Waals surface area (Å²) in [6.07, 6.45) is -0.768. The molecule has 0 bridgehead atoms. The number of rotatable bonds is 7. The topological polar surface area (TPSA) is 85.6 Å². The number of hydrogen-bond donors (Lipinski definition) is 2. The van der Waals surface area contributed by atoms with Crippen molar-refractivity contribution in [1.82, 2.24) is 4.90 Å². The van der Waals surface area contributed by atoms with Crippen LogP contribution in [0.1, 0.15) is 32.4 Å². The van der Waals surface area contributed by atoms with Gasteiger partial charge in [0.1, 0.15) is 11.8 Å². The smallest absolute Gasteiger partial charge is 0.321 e. The fourth-order valence-electron chi connectivity index (χ4n) is 2.73. The third-order valence-corrected chi connectivity index (χ3v) is 3.94. The van der Waals surface area contributed by atoms with Gasteiger partial charge in [-0.25, -0.2) is 4.79 Å². The number of amides is 2. The molecule has 0 unspecified atom stereocenters. The number of ether oxygens (including phenoxy) is 1. The van der Waals surface area contributed by atoms with Crippen LogP contribution in [0.5, 0.6) is 5.75 Å². The lowest BCUT2D eigenvalue weighted by molar-refractivity contribution is 0.110. The Hall–Kier alpha value is -3.04. The monoisotopic (exact) mass is 381 g/mol. The van der Waals surface area contributed by atoms with Gasteiger partial charge in [-0.3, -0.25) is 0 Å². The molecule has 0 radical (unpaired) electrons. The number of nitrogens with zero attached hydrogens (tertiary/aromatic N) is 2. The molecule has 0 aliphatic heterocycles. The van der Waals surface area contributed by atoms with Crippen LogP contribution in [0.4, 0.5) is 10.5 Å². The van der Waals surface area contributed by atoms with Gasteiger partial charge in [-0.2, -0.15) is 5.26 Å². The molecule has 6 heteroatoms. The molecule has 2 rings (SSSR count). The van der Waals surface area contributed by atoms with Gasteiger partial charge in [0.15, 0.2) is 6.61 Å². The molecule has 2 N–H and O–H groups in total. The second-order valence-electron chi connectivity index (χ2n) is 7.77. The van der Waals surface area contributed by atoms with Crippen molar-refractivity contribution < 1.29 is 14.6 Å². The highest BCUT2D eigenvalue weighted by Gasteiger charge is 2.24. The molecule has 0 saturated heterocycles. The molecule has 148 valence electrons. The van der Waals surface area contributed by atoms with Gasteiger partial charge < -0.3 is 20.1 Å². The Morgan fingerprint density at radius 2 is 1.82 bits per heavy atom. The van der Waals surface area contributed by atoms with Crippen molar-refractivity contribution in [2.75, 3.05) is 25.0 Å². The van der Waals surface area contributed by atoms with Gasteiger partial charge in [0.05, 0.1) is 12.6 Å². The largest absolute Gasteiger partial charge is 0.479 e. The van der Waals surface area contributed by atoms with Crippen LogP contribution in [0.25, 0.3) is 0 Å². The fraction of sp³-hybridized carbons (Fsp3) is 0.364. The van der Waals surface area contributed by atoms with E-state index in [9.17, 15) is 9.90 Å². The van der Waals surface area contributed by atoms with Gasteiger partial charge in [0.2, 0.25) is 0 Å². The first-order chi connectivity index (χ1) is 13.3. The van der Waals surface area contributed by atoms with Gasteiger partial charge >= 0.3 is 6.03 Å².